The molecule has 0 bridgehead atoms. The second kappa shape index (κ2) is 66.4. The summed E-state index contributed by atoms with van der Waals surface area (Å²) in [5.74, 6) is -0.235. The number of nitrogens with one attached hydrogen (secondary N) is 1. The number of carbonyl (C=O) groups is 1. The smallest absolute Gasteiger partial charge is 0.220 e. The van der Waals surface area contributed by atoms with Crippen molar-refractivity contribution in [1.29, 1.82) is 0 Å². The molecule has 9 N–H and O–H groups in total. The Kier molecular flexibility index (Phi) is 61.8. The minimum absolute atomic E-state index is 0.235. The van der Waals surface area contributed by atoms with E-state index in [1.54, 1.807) is 6.08 Å². The average molecular weight is 1370 g/mol. The highest BCUT2D eigenvalue weighted by atomic mass is 16.7. The molecule has 1 amide bonds. The van der Waals surface area contributed by atoms with Crippen LogP contribution in [0.3, 0.4) is 0 Å². The van der Waals surface area contributed by atoms with Gasteiger partial charge in [0.05, 0.1) is 32.0 Å². The van der Waals surface area contributed by atoms with E-state index >= 15 is 0 Å². The number of carbonyl (C=O) groups excluding carboxylic acids is 1. The second-order valence-electron chi connectivity index (χ2n) is 28.2. The molecule has 2 rings (SSSR count). The van der Waals surface area contributed by atoms with E-state index in [4.69, 9.17) is 18.9 Å². The van der Waals surface area contributed by atoms with Crippen LogP contribution in [0.4, 0.5) is 0 Å². The lowest BCUT2D eigenvalue weighted by atomic mass is 9.97. The zero-order valence-electron chi connectivity index (χ0n) is 61.8. The van der Waals surface area contributed by atoms with Gasteiger partial charge in [0.25, 0.3) is 0 Å². The molecule has 0 saturated carbocycles. The summed E-state index contributed by atoms with van der Waals surface area (Å²) in [6.07, 6.45) is 76.6. The number of ether oxygens (including phenoxy) is 4. The predicted molar refractivity (Wildman–Crippen MR) is 401 cm³/mol. The van der Waals surface area contributed by atoms with E-state index < -0.39 is 86.8 Å². The van der Waals surface area contributed by atoms with Crippen molar-refractivity contribution in [3.05, 3.63) is 85.1 Å². The number of unbranched alkanes of at least 4 members (excludes halogenated alkanes) is 42. The molecule has 14 heteroatoms. The van der Waals surface area contributed by atoms with Gasteiger partial charge in [0, 0.05) is 6.42 Å². The van der Waals surface area contributed by atoms with Gasteiger partial charge < -0.3 is 65.1 Å². The summed E-state index contributed by atoms with van der Waals surface area (Å²) in [6, 6.07) is -0.919. The molecule has 2 fully saturated rings. The summed E-state index contributed by atoms with van der Waals surface area (Å²) in [6.45, 7) is 2.73. The van der Waals surface area contributed by atoms with Crippen LogP contribution >= 0.6 is 0 Å². The van der Waals surface area contributed by atoms with Gasteiger partial charge >= 0.3 is 0 Å². The van der Waals surface area contributed by atoms with E-state index in [0.29, 0.717) is 6.42 Å². The average Bonchev–Trinajstić information content (AvgIpc) is 0.794. The van der Waals surface area contributed by atoms with Crippen molar-refractivity contribution in [2.75, 3.05) is 19.8 Å². The van der Waals surface area contributed by atoms with Gasteiger partial charge in [0.1, 0.15) is 48.8 Å². The lowest BCUT2D eigenvalue weighted by Crippen LogP contribution is -2.65. The zero-order chi connectivity index (χ0) is 70.1. The number of amides is 1. The standard InChI is InChI=1S/C83H149NO13/c1-3-5-7-9-11-13-15-17-19-21-23-25-27-29-31-32-33-34-35-36-37-38-39-40-41-43-45-47-49-51-53-55-57-59-61-63-65-67-75(88)84-71(70-94-82-80(93)78(91)81(74(69-86)96-82)97-83-79(92)77(90)76(89)73(68-85)95-83)72(87)66-64-62-60-58-56-54-52-50-48-46-44-42-30-28-26-24-22-20-18-16-14-12-10-8-6-4-2/h5,7,11,13,17,19,23,25,29,31,33-34,64,66,71-74,76-83,85-87,89-93H,3-4,6,8-10,12,14-16,18,20-22,24,26-28,30,32,35-63,65,67-70H2,1-2H3,(H,84,88)/b7-5-,13-11-,19-17-,25-23-,31-29-,34-33-,66-64+. The van der Waals surface area contributed by atoms with Crippen molar-refractivity contribution in [2.24, 2.45) is 0 Å². The van der Waals surface area contributed by atoms with E-state index in [2.05, 4.69) is 92.1 Å². The fourth-order valence-corrected chi connectivity index (χ4v) is 13.0. The third-order valence-electron chi connectivity index (χ3n) is 19.3. The molecular formula is C83H149NO13. The third-order valence-corrected chi connectivity index (χ3v) is 19.3. The molecule has 0 aliphatic carbocycles. The lowest BCUT2D eigenvalue weighted by Gasteiger charge is -2.46. The first-order valence-electron chi connectivity index (χ1n) is 40.3. The first-order chi connectivity index (χ1) is 47.6. The third kappa shape index (κ3) is 49.4. The highest BCUT2D eigenvalue weighted by molar-refractivity contribution is 5.76. The van der Waals surface area contributed by atoms with Gasteiger partial charge in [-0.05, 0) is 70.6 Å². The number of aliphatic hydroxyl groups excluding tert-OH is 8. The predicted octanol–water partition coefficient (Wildman–Crippen LogP) is 18.3. The maximum Gasteiger partial charge on any atom is 0.220 e. The van der Waals surface area contributed by atoms with Crippen LogP contribution in [0.2, 0.25) is 0 Å². The molecule has 12 unspecified atom stereocenters. The van der Waals surface area contributed by atoms with Crippen LogP contribution in [-0.4, -0.2) is 140 Å². The Morgan fingerprint density at radius 1 is 0.381 bits per heavy atom. The fraction of sp³-hybridized carbons (Fsp3) is 0.819. The molecule has 2 heterocycles. The number of allylic oxidation sites excluding steroid dienone is 13. The molecule has 0 radical (unpaired) electrons. The normalized spacial score (nSPS) is 22.6. The molecular weight excluding hydrogens is 1220 g/mol. The molecule has 12 atom stereocenters. The van der Waals surface area contributed by atoms with Crippen LogP contribution in [0, 0.1) is 0 Å². The Balaban J connectivity index is 1.61. The van der Waals surface area contributed by atoms with Gasteiger partial charge in [-0.15, -0.1) is 0 Å². The minimum Gasteiger partial charge on any atom is -0.394 e. The van der Waals surface area contributed by atoms with Crippen molar-refractivity contribution >= 4 is 5.91 Å². The SMILES string of the molecule is CC/C=C\C/C=C\C/C=C\C/C=C\C/C=C\C/C=C\CCCCCCCCCCCCCCCCCCCCC(=O)NC(COC1OC(CO)C(OC2OC(CO)C(O)C(O)C2O)C(O)C1O)C(O)/C=C/CCCCCCCCCCCCCCCCCCCCCCCCCC. The molecule has 0 spiro atoms. The van der Waals surface area contributed by atoms with Gasteiger partial charge in [0.15, 0.2) is 12.6 Å². The molecule has 97 heavy (non-hydrogen) atoms. The maximum absolute atomic E-state index is 13.4. The van der Waals surface area contributed by atoms with Gasteiger partial charge in [0.2, 0.25) is 5.91 Å². The summed E-state index contributed by atoms with van der Waals surface area (Å²) in [4.78, 5) is 13.4. The Morgan fingerprint density at radius 3 is 1.09 bits per heavy atom. The van der Waals surface area contributed by atoms with Gasteiger partial charge in [-0.25, -0.2) is 0 Å². The minimum atomic E-state index is -1.79. The monoisotopic (exact) mass is 1370 g/mol. The van der Waals surface area contributed by atoms with Crippen molar-refractivity contribution in [3.8, 4) is 0 Å². The molecule has 0 aromatic carbocycles. The van der Waals surface area contributed by atoms with Crippen LogP contribution in [0.5, 0.6) is 0 Å². The van der Waals surface area contributed by atoms with Crippen molar-refractivity contribution < 1.29 is 64.6 Å². The fourth-order valence-electron chi connectivity index (χ4n) is 13.0. The molecule has 2 saturated heterocycles. The van der Waals surface area contributed by atoms with Gasteiger partial charge in [-0.2, -0.15) is 0 Å². The van der Waals surface area contributed by atoms with Crippen LogP contribution in [0.25, 0.3) is 0 Å². The van der Waals surface area contributed by atoms with Crippen LogP contribution in [0.1, 0.15) is 341 Å². The molecule has 0 aromatic rings. The summed E-state index contributed by atoms with van der Waals surface area (Å²) >= 11 is 0. The Hall–Kier alpha value is -2.83. The van der Waals surface area contributed by atoms with Crippen LogP contribution in [-0.2, 0) is 23.7 Å². The van der Waals surface area contributed by atoms with E-state index in [1.807, 2.05) is 6.08 Å². The van der Waals surface area contributed by atoms with Crippen molar-refractivity contribution in [2.45, 2.75) is 415 Å². The summed E-state index contributed by atoms with van der Waals surface area (Å²) < 4.78 is 22.9. The first-order valence-corrected chi connectivity index (χ1v) is 40.3. The Bertz CT molecular complexity index is 1950. The largest absolute Gasteiger partial charge is 0.394 e. The van der Waals surface area contributed by atoms with Crippen LogP contribution < -0.4 is 5.32 Å². The number of aliphatic hydroxyl groups is 8. The van der Waals surface area contributed by atoms with Crippen molar-refractivity contribution in [3.63, 3.8) is 0 Å². The number of hydrogen-bond acceptors (Lipinski definition) is 13. The molecule has 14 nitrogen and oxygen atoms in total. The highest BCUT2D eigenvalue weighted by Crippen LogP contribution is 2.30. The summed E-state index contributed by atoms with van der Waals surface area (Å²) in [7, 11) is 0. The van der Waals surface area contributed by atoms with E-state index in [1.165, 1.54) is 238 Å². The summed E-state index contributed by atoms with van der Waals surface area (Å²) in [5.41, 5.74) is 0. The zero-order valence-corrected chi connectivity index (χ0v) is 61.8. The summed E-state index contributed by atoms with van der Waals surface area (Å²) in [5, 5.41) is 87.7. The van der Waals surface area contributed by atoms with E-state index in [0.717, 1.165) is 77.0 Å². The maximum atomic E-state index is 13.4. The molecule has 2 aliphatic rings. The molecule has 0 aromatic heterocycles. The molecule has 564 valence electrons. The van der Waals surface area contributed by atoms with Gasteiger partial charge in [-0.1, -0.05) is 349 Å². The van der Waals surface area contributed by atoms with Crippen LogP contribution in [0.15, 0.2) is 85.1 Å². The van der Waals surface area contributed by atoms with E-state index in [-0.39, 0.29) is 18.9 Å². The topological polar surface area (TPSA) is 228 Å². The molecule has 2 aliphatic heterocycles. The van der Waals surface area contributed by atoms with E-state index in [9.17, 15) is 45.6 Å². The van der Waals surface area contributed by atoms with Crippen molar-refractivity contribution in [1.82, 2.24) is 5.32 Å². The first kappa shape index (κ1) is 90.3. The second-order valence-corrected chi connectivity index (χ2v) is 28.2. The Morgan fingerprint density at radius 2 is 0.711 bits per heavy atom. The Labute approximate surface area is 592 Å². The van der Waals surface area contributed by atoms with Gasteiger partial charge in [-0.3, -0.25) is 4.79 Å². The number of rotatable bonds is 67. The highest BCUT2D eigenvalue weighted by Gasteiger charge is 2.51. The quantitative estimate of drug-likeness (QED) is 0.0204. The lowest BCUT2D eigenvalue weighted by molar-refractivity contribution is -0.359. The number of hydrogen-bond donors (Lipinski definition) is 9.